The maximum absolute atomic E-state index is 11.7. The van der Waals surface area contributed by atoms with Crippen LogP contribution < -0.4 is 16.0 Å². The number of urea groups is 2. The SMILES string of the molecule is CNC(=O)NC(=O)C1(OC)NC(=O)N(C)C1=O. The normalized spacial score (nSPS) is 23.4. The Hall–Kier alpha value is -2.16. The van der Waals surface area contributed by atoms with Crippen LogP contribution in [0.15, 0.2) is 0 Å². The number of nitrogens with zero attached hydrogens (tertiary/aromatic N) is 1. The lowest BCUT2D eigenvalue weighted by molar-refractivity contribution is -0.158. The summed E-state index contributed by atoms with van der Waals surface area (Å²) in [6.45, 7) is 0. The minimum Gasteiger partial charge on any atom is -0.343 e. The van der Waals surface area contributed by atoms with Crippen molar-refractivity contribution in [1.29, 1.82) is 0 Å². The number of carbonyl (C=O) groups is 4. The van der Waals surface area contributed by atoms with Crippen LogP contribution in [-0.2, 0) is 14.3 Å². The van der Waals surface area contributed by atoms with Gasteiger partial charge >= 0.3 is 17.8 Å². The van der Waals surface area contributed by atoms with Gasteiger partial charge in [-0.25, -0.2) is 9.59 Å². The Labute approximate surface area is 96.5 Å². The van der Waals surface area contributed by atoms with Crippen molar-refractivity contribution in [2.75, 3.05) is 21.2 Å². The zero-order valence-electron chi connectivity index (χ0n) is 9.49. The molecule has 1 heterocycles. The largest absolute Gasteiger partial charge is 0.343 e. The molecule has 3 N–H and O–H groups in total. The van der Waals surface area contributed by atoms with Crippen LogP contribution >= 0.6 is 0 Å². The van der Waals surface area contributed by atoms with Crippen LogP contribution in [-0.4, -0.2) is 55.7 Å². The van der Waals surface area contributed by atoms with Gasteiger partial charge in [0.2, 0.25) is 0 Å². The van der Waals surface area contributed by atoms with Crippen LogP contribution in [0.25, 0.3) is 0 Å². The number of nitrogens with one attached hydrogen (secondary N) is 3. The zero-order valence-corrected chi connectivity index (χ0v) is 9.49. The third-order valence-electron chi connectivity index (χ3n) is 2.27. The van der Waals surface area contributed by atoms with Gasteiger partial charge < -0.3 is 10.1 Å². The molecular formula is C8H12N4O5. The molecule has 9 nitrogen and oxygen atoms in total. The van der Waals surface area contributed by atoms with Gasteiger partial charge in [0.1, 0.15) is 0 Å². The molecule has 0 aromatic carbocycles. The van der Waals surface area contributed by atoms with Gasteiger partial charge in [0, 0.05) is 21.2 Å². The number of hydrogen-bond donors (Lipinski definition) is 3. The van der Waals surface area contributed by atoms with Gasteiger partial charge in [-0.05, 0) is 0 Å². The van der Waals surface area contributed by atoms with Crippen molar-refractivity contribution in [2.45, 2.75) is 5.72 Å². The molecule has 17 heavy (non-hydrogen) atoms. The lowest BCUT2D eigenvalue weighted by Crippen LogP contribution is -2.61. The Balaban J connectivity index is 2.98. The number of rotatable bonds is 2. The van der Waals surface area contributed by atoms with Gasteiger partial charge in [0.25, 0.3) is 11.8 Å². The molecule has 94 valence electrons. The zero-order chi connectivity index (χ0) is 13.2. The van der Waals surface area contributed by atoms with Gasteiger partial charge in [-0.15, -0.1) is 0 Å². The number of methoxy groups -OCH3 is 1. The van der Waals surface area contributed by atoms with Crippen LogP contribution in [0.1, 0.15) is 0 Å². The molecule has 1 unspecified atom stereocenters. The fraction of sp³-hybridized carbons (Fsp3) is 0.500. The van der Waals surface area contributed by atoms with Crippen LogP contribution in [0.3, 0.4) is 0 Å². The highest BCUT2D eigenvalue weighted by Gasteiger charge is 2.57. The third-order valence-corrected chi connectivity index (χ3v) is 2.27. The summed E-state index contributed by atoms with van der Waals surface area (Å²) in [5.41, 5.74) is -2.20. The Morgan fingerprint density at radius 3 is 2.35 bits per heavy atom. The maximum Gasteiger partial charge on any atom is 0.327 e. The minimum atomic E-state index is -2.20. The molecular weight excluding hydrogens is 232 g/mol. The highest BCUT2D eigenvalue weighted by molar-refractivity contribution is 6.20. The quantitative estimate of drug-likeness (QED) is 0.382. The second-order valence-electron chi connectivity index (χ2n) is 3.21. The molecule has 0 spiro atoms. The van der Waals surface area contributed by atoms with Crippen LogP contribution in [0.2, 0.25) is 0 Å². The van der Waals surface area contributed by atoms with Gasteiger partial charge in [-0.3, -0.25) is 25.1 Å². The van der Waals surface area contributed by atoms with Gasteiger partial charge in [0.05, 0.1) is 0 Å². The first-order valence-electron chi connectivity index (χ1n) is 4.57. The maximum atomic E-state index is 11.7. The summed E-state index contributed by atoms with van der Waals surface area (Å²) in [5.74, 6) is -1.96. The molecule has 6 amide bonds. The first-order valence-corrected chi connectivity index (χ1v) is 4.57. The van der Waals surface area contributed by atoms with Gasteiger partial charge in [-0.2, -0.15) is 0 Å². The fourth-order valence-corrected chi connectivity index (χ4v) is 1.25. The monoisotopic (exact) mass is 244 g/mol. The summed E-state index contributed by atoms with van der Waals surface area (Å²) < 4.78 is 4.74. The summed E-state index contributed by atoms with van der Waals surface area (Å²) in [5, 5.41) is 6.06. The van der Waals surface area contributed by atoms with E-state index in [1.807, 2.05) is 5.32 Å². The number of amides is 6. The molecule has 0 bridgehead atoms. The summed E-state index contributed by atoms with van der Waals surface area (Å²) in [6.07, 6.45) is 0. The number of imide groups is 2. The third kappa shape index (κ3) is 1.91. The van der Waals surface area contributed by atoms with Crippen LogP contribution in [0.4, 0.5) is 9.59 Å². The molecule has 1 fully saturated rings. The smallest absolute Gasteiger partial charge is 0.327 e. The summed E-state index contributed by atoms with van der Waals surface area (Å²) in [7, 11) is 3.55. The topological polar surface area (TPSA) is 117 Å². The first kappa shape index (κ1) is 12.9. The van der Waals surface area contributed by atoms with Crippen LogP contribution in [0.5, 0.6) is 0 Å². The van der Waals surface area contributed by atoms with Gasteiger partial charge in [-0.1, -0.05) is 0 Å². The standard InChI is InChI=1S/C8H12N4O5/c1-9-6(15)10-4(13)8(17-3)5(14)12(2)7(16)11-8/h1-3H3,(H,11,16)(H2,9,10,13,15). The lowest BCUT2D eigenvalue weighted by atomic mass is 10.2. The molecule has 0 radical (unpaired) electrons. The molecule has 0 aliphatic carbocycles. The highest BCUT2D eigenvalue weighted by atomic mass is 16.5. The molecule has 1 rings (SSSR count). The Kier molecular flexibility index (Phi) is 3.32. The van der Waals surface area contributed by atoms with E-state index in [2.05, 4.69) is 10.6 Å². The fourth-order valence-electron chi connectivity index (χ4n) is 1.25. The molecule has 1 aliphatic heterocycles. The van der Waals surface area contributed by atoms with E-state index in [9.17, 15) is 19.2 Å². The summed E-state index contributed by atoms with van der Waals surface area (Å²) >= 11 is 0. The van der Waals surface area contributed by atoms with Crippen molar-refractivity contribution in [3.05, 3.63) is 0 Å². The second kappa shape index (κ2) is 4.37. The van der Waals surface area contributed by atoms with Gasteiger partial charge in [0.15, 0.2) is 0 Å². The second-order valence-corrected chi connectivity index (χ2v) is 3.21. The molecule has 9 heteroatoms. The molecule has 1 aliphatic rings. The minimum absolute atomic E-state index is 0.687. The van der Waals surface area contributed by atoms with Crippen LogP contribution in [0, 0.1) is 0 Å². The number of hydrogen-bond acceptors (Lipinski definition) is 5. The van der Waals surface area contributed by atoms with E-state index in [-0.39, 0.29) is 0 Å². The van der Waals surface area contributed by atoms with E-state index in [0.29, 0.717) is 4.90 Å². The van der Waals surface area contributed by atoms with Crippen molar-refractivity contribution in [3.8, 4) is 0 Å². The predicted molar refractivity (Wildman–Crippen MR) is 53.6 cm³/mol. The van der Waals surface area contributed by atoms with Crippen molar-refractivity contribution in [1.82, 2.24) is 20.9 Å². The highest BCUT2D eigenvalue weighted by Crippen LogP contribution is 2.17. The van der Waals surface area contributed by atoms with Crippen molar-refractivity contribution < 1.29 is 23.9 Å². The van der Waals surface area contributed by atoms with E-state index in [1.54, 1.807) is 0 Å². The Morgan fingerprint density at radius 1 is 1.41 bits per heavy atom. The van der Waals surface area contributed by atoms with E-state index in [1.165, 1.54) is 14.1 Å². The lowest BCUT2D eigenvalue weighted by Gasteiger charge is -2.22. The predicted octanol–water partition coefficient (Wildman–Crippen LogP) is -2.03. The molecule has 1 atom stereocenters. The molecule has 1 saturated heterocycles. The summed E-state index contributed by atoms with van der Waals surface area (Å²) in [6, 6.07) is -1.60. The van der Waals surface area contributed by atoms with Crippen molar-refractivity contribution in [2.24, 2.45) is 0 Å². The van der Waals surface area contributed by atoms with E-state index >= 15 is 0 Å². The average molecular weight is 244 g/mol. The number of carbonyl (C=O) groups excluding carboxylic acids is 4. The summed E-state index contributed by atoms with van der Waals surface area (Å²) in [4.78, 5) is 46.3. The van der Waals surface area contributed by atoms with E-state index < -0.39 is 29.6 Å². The van der Waals surface area contributed by atoms with E-state index in [0.717, 1.165) is 7.11 Å². The average Bonchev–Trinajstić information content (AvgIpc) is 2.54. The Morgan fingerprint density at radius 2 is 2.00 bits per heavy atom. The van der Waals surface area contributed by atoms with Crippen molar-refractivity contribution in [3.63, 3.8) is 0 Å². The molecule has 0 aromatic rings. The Bertz CT molecular complexity index is 395. The number of ether oxygens (including phenoxy) is 1. The van der Waals surface area contributed by atoms with E-state index in [4.69, 9.17) is 4.74 Å². The first-order chi connectivity index (χ1) is 7.89. The molecule has 0 saturated carbocycles. The number of likely N-dealkylation sites (N-methyl/N-ethyl adjacent to an activating group) is 1. The van der Waals surface area contributed by atoms with Crippen molar-refractivity contribution >= 4 is 23.9 Å². The molecule has 0 aromatic heterocycles.